The Morgan fingerprint density at radius 1 is 0.741 bits per heavy atom. The normalized spacial score (nSPS) is 15.5. The zero-order chi connectivity index (χ0) is 18.3. The molecule has 4 nitrogen and oxygen atoms in total. The molecule has 0 radical (unpaired) electrons. The Balaban J connectivity index is 1.47. The molecule has 0 atom stereocenters. The van der Waals surface area contributed by atoms with Gasteiger partial charge in [0, 0.05) is 38.6 Å². The maximum Gasteiger partial charge on any atom is 0.0603 e. The first kappa shape index (κ1) is 17.4. The summed E-state index contributed by atoms with van der Waals surface area (Å²) in [6.45, 7) is 3.83. The van der Waals surface area contributed by atoms with Gasteiger partial charge < -0.3 is 0 Å². The lowest BCUT2D eigenvalue weighted by molar-refractivity contribution is 0.113. The lowest BCUT2D eigenvalue weighted by Gasteiger charge is -2.38. The molecule has 0 unspecified atom stereocenters. The molecule has 0 saturated carbocycles. The SMILES string of the molecule is C(=NN1CCN(C(c2ccccc2)c2ccccc2)CC1)c1ccncc1. The van der Waals surface area contributed by atoms with E-state index in [0.717, 1.165) is 31.7 Å². The highest BCUT2D eigenvalue weighted by molar-refractivity contribution is 5.78. The number of benzene rings is 2. The van der Waals surface area contributed by atoms with E-state index in [2.05, 4.69) is 80.7 Å². The minimum Gasteiger partial charge on any atom is -0.294 e. The van der Waals surface area contributed by atoms with Gasteiger partial charge in [0.25, 0.3) is 0 Å². The molecule has 3 aromatic rings. The molecular weight excluding hydrogens is 332 g/mol. The van der Waals surface area contributed by atoms with Crippen molar-refractivity contribution in [2.45, 2.75) is 6.04 Å². The fraction of sp³-hybridized carbons (Fsp3) is 0.217. The highest BCUT2D eigenvalue weighted by Crippen LogP contribution is 2.29. The summed E-state index contributed by atoms with van der Waals surface area (Å²) in [6, 6.07) is 25.8. The number of hydrogen-bond donors (Lipinski definition) is 0. The van der Waals surface area contributed by atoms with E-state index in [0.29, 0.717) is 6.04 Å². The summed E-state index contributed by atoms with van der Waals surface area (Å²) < 4.78 is 0. The van der Waals surface area contributed by atoms with Gasteiger partial charge in [0.2, 0.25) is 0 Å². The van der Waals surface area contributed by atoms with E-state index in [9.17, 15) is 0 Å². The number of aromatic nitrogens is 1. The van der Waals surface area contributed by atoms with Gasteiger partial charge in [-0.3, -0.25) is 14.9 Å². The van der Waals surface area contributed by atoms with Gasteiger partial charge in [0.1, 0.15) is 0 Å². The Morgan fingerprint density at radius 2 is 1.30 bits per heavy atom. The Morgan fingerprint density at radius 3 is 1.85 bits per heavy atom. The van der Waals surface area contributed by atoms with Crippen molar-refractivity contribution in [2.75, 3.05) is 26.2 Å². The number of piperazine rings is 1. The third kappa shape index (κ3) is 4.41. The van der Waals surface area contributed by atoms with Crippen LogP contribution in [0.25, 0.3) is 0 Å². The van der Waals surface area contributed by atoms with E-state index in [-0.39, 0.29) is 0 Å². The van der Waals surface area contributed by atoms with Gasteiger partial charge in [0.05, 0.1) is 12.3 Å². The predicted octanol–water partition coefficient (Wildman–Crippen LogP) is 3.82. The van der Waals surface area contributed by atoms with E-state index in [1.807, 2.05) is 18.3 Å². The highest BCUT2D eigenvalue weighted by Gasteiger charge is 2.25. The van der Waals surface area contributed by atoms with Crippen LogP contribution < -0.4 is 0 Å². The molecule has 1 aliphatic heterocycles. The first-order valence-corrected chi connectivity index (χ1v) is 9.43. The van der Waals surface area contributed by atoms with E-state index in [1.54, 1.807) is 12.4 Å². The molecule has 2 heterocycles. The second-order valence-corrected chi connectivity index (χ2v) is 6.74. The van der Waals surface area contributed by atoms with Gasteiger partial charge in [-0.1, -0.05) is 60.7 Å². The van der Waals surface area contributed by atoms with E-state index in [1.165, 1.54) is 11.1 Å². The first-order chi connectivity index (χ1) is 13.4. The molecule has 1 saturated heterocycles. The van der Waals surface area contributed by atoms with Crippen LogP contribution in [0.5, 0.6) is 0 Å². The summed E-state index contributed by atoms with van der Waals surface area (Å²) in [7, 11) is 0. The predicted molar refractivity (Wildman–Crippen MR) is 110 cm³/mol. The number of rotatable bonds is 5. The van der Waals surface area contributed by atoms with Crippen molar-refractivity contribution in [3.63, 3.8) is 0 Å². The third-order valence-electron chi connectivity index (χ3n) is 4.96. The summed E-state index contributed by atoms with van der Waals surface area (Å²) in [5.41, 5.74) is 3.77. The molecule has 4 rings (SSSR count). The van der Waals surface area contributed by atoms with Crippen molar-refractivity contribution < 1.29 is 0 Å². The standard InChI is InChI=1S/C23H24N4/c1-3-7-21(8-4-1)23(22-9-5-2-6-10-22)26-15-17-27(18-16-26)25-19-20-11-13-24-14-12-20/h1-14,19,23H,15-18H2. The minimum atomic E-state index is 0.290. The van der Waals surface area contributed by atoms with Crippen LogP contribution >= 0.6 is 0 Å². The van der Waals surface area contributed by atoms with Crippen LogP contribution in [0.1, 0.15) is 22.7 Å². The first-order valence-electron chi connectivity index (χ1n) is 9.43. The molecule has 0 bridgehead atoms. The van der Waals surface area contributed by atoms with Crippen LogP contribution in [0.2, 0.25) is 0 Å². The van der Waals surface area contributed by atoms with Crippen molar-refractivity contribution in [2.24, 2.45) is 5.10 Å². The number of hydrogen-bond acceptors (Lipinski definition) is 4. The van der Waals surface area contributed by atoms with Gasteiger partial charge >= 0.3 is 0 Å². The quantitative estimate of drug-likeness (QED) is 0.651. The molecule has 0 N–H and O–H groups in total. The average molecular weight is 356 g/mol. The van der Waals surface area contributed by atoms with Gasteiger partial charge in [-0.15, -0.1) is 0 Å². The maximum atomic E-state index is 4.65. The molecule has 0 spiro atoms. The van der Waals surface area contributed by atoms with E-state index in [4.69, 9.17) is 0 Å². The monoisotopic (exact) mass is 356 g/mol. The van der Waals surface area contributed by atoms with Gasteiger partial charge in [0.15, 0.2) is 0 Å². The second-order valence-electron chi connectivity index (χ2n) is 6.74. The summed E-state index contributed by atoms with van der Waals surface area (Å²) in [4.78, 5) is 6.60. The highest BCUT2D eigenvalue weighted by atomic mass is 15.5. The Labute approximate surface area is 160 Å². The van der Waals surface area contributed by atoms with E-state index < -0.39 is 0 Å². The van der Waals surface area contributed by atoms with Crippen molar-refractivity contribution in [3.05, 3.63) is 102 Å². The van der Waals surface area contributed by atoms with Crippen molar-refractivity contribution in [1.29, 1.82) is 0 Å². The molecule has 1 aromatic heterocycles. The number of hydrazone groups is 1. The fourth-order valence-corrected chi connectivity index (χ4v) is 3.57. The molecule has 0 aliphatic carbocycles. The lowest BCUT2D eigenvalue weighted by atomic mass is 9.96. The summed E-state index contributed by atoms with van der Waals surface area (Å²) in [6.07, 6.45) is 5.51. The van der Waals surface area contributed by atoms with Gasteiger partial charge in [-0.05, 0) is 28.8 Å². The molecular formula is C23H24N4. The van der Waals surface area contributed by atoms with Crippen molar-refractivity contribution in [1.82, 2.24) is 14.9 Å². The molecule has 1 fully saturated rings. The maximum absolute atomic E-state index is 4.65. The molecule has 1 aliphatic rings. The summed E-state index contributed by atoms with van der Waals surface area (Å²) in [5.74, 6) is 0. The molecule has 136 valence electrons. The van der Waals surface area contributed by atoms with Crippen LogP contribution in [-0.2, 0) is 0 Å². The van der Waals surface area contributed by atoms with Crippen LogP contribution in [-0.4, -0.2) is 47.3 Å². The third-order valence-corrected chi connectivity index (χ3v) is 4.96. The van der Waals surface area contributed by atoms with Gasteiger partial charge in [-0.2, -0.15) is 5.10 Å². The van der Waals surface area contributed by atoms with Crippen molar-refractivity contribution in [3.8, 4) is 0 Å². The zero-order valence-corrected chi connectivity index (χ0v) is 15.4. The smallest absolute Gasteiger partial charge is 0.0603 e. The summed E-state index contributed by atoms with van der Waals surface area (Å²) >= 11 is 0. The van der Waals surface area contributed by atoms with Crippen LogP contribution in [0.15, 0.2) is 90.3 Å². The summed E-state index contributed by atoms with van der Waals surface area (Å²) in [5, 5.41) is 6.80. The molecule has 27 heavy (non-hydrogen) atoms. The zero-order valence-electron chi connectivity index (χ0n) is 15.4. The van der Waals surface area contributed by atoms with Crippen LogP contribution in [0.4, 0.5) is 0 Å². The molecule has 2 aromatic carbocycles. The van der Waals surface area contributed by atoms with Gasteiger partial charge in [-0.25, -0.2) is 0 Å². The van der Waals surface area contributed by atoms with Crippen LogP contribution in [0.3, 0.4) is 0 Å². The fourth-order valence-electron chi connectivity index (χ4n) is 3.57. The Bertz CT molecular complexity index is 802. The second kappa shape index (κ2) is 8.60. The van der Waals surface area contributed by atoms with Crippen LogP contribution in [0, 0.1) is 0 Å². The average Bonchev–Trinajstić information content (AvgIpc) is 2.76. The molecule has 4 heteroatoms. The Hall–Kier alpha value is -2.98. The van der Waals surface area contributed by atoms with E-state index >= 15 is 0 Å². The molecule has 0 amide bonds. The number of nitrogens with zero attached hydrogens (tertiary/aromatic N) is 4. The Kier molecular flexibility index (Phi) is 5.56. The number of pyridine rings is 1. The minimum absolute atomic E-state index is 0.290. The largest absolute Gasteiger partial charge is 0.294 e. The van der Waals surface area contributed by atoms with Crippen molar-refractivity contribution >= 4 is 6.21 Å². The lowest BCUT2D eigenvalue weighted by Crippen LogP contribution is -2.45. The topological polar surface area (TPSA) is 31.7 Å².